The minimum atomic E-state index is -2.67. The van der Waals surface area contributed by atoms with Crippen molar-refractivity contribution in [1.29, 1.82) is 0 Å². The third kappa shape index (κ3) is 135. The summed E-state index contributed by atoms with van der Waals surface area (Å²) < 4.78 is 36.2. The largest absolute Gasteiger partial charge is 4.00 e. The summed E-state index contributed by atoms with van der Waals surface area (Å²) in [6.07, 6.45) is 0. The molecule has 0 fully saturated rings. The van der Waals surface area contributed by atoms with Crippen molar-refractivity contribution < 1.29 is 37.1 Å². The molecule has 54 valence electrons. The molecule has 0 aromatic heterocycles. The van der Waals surface area contributed by atoms with Crippen molar-refractivity contribution in [2.45, 2.75) is 0 Å². The van der Waals surface area contributed by atoms with Gasteiger partial charge in [-0.3, -0.25) is 0 Å². The first-order valence-corrected chi connectivity index (χ1v) is 12.5. The van der Waals surface area contributed by atoms with Gasteiger partial charge in [0.05, 0.1) is 0 Å². The van der Waals surface area contributed by atoms with Gasteiger partial charge in [0.15, 0.2) is 0 Å². The summed E-state index contributed by atoms with van der Waals surface area (Å²) in [6, 6.07) is 0. The fourth-order valence-corrected chi connectivity index (χ4v) is 0. The van der Waals surface area contributed by atoms with E-state index in [0.29, 0.717) is 0 Å². The second-order valence-corrected chi connectivity index (χ2v) is 8.06. The molecular weight excluding hydrogens is 564 g/mol. The zero-order chi connectivity index (χ0) is 7.15. The molecule has 0 radical (unpaired) electrons. The van der Waals surface area contributed by atoms with E-state index < -0.39 is 23.6 Å². The number of hydrogen-bond donors (Lipinski definition) is 0. The van der Waals surface area contributed by atoms with Crippen molar-refractivity contribution >= 4 is 50.9 Å². The Morgan fingerprint density at radius 2 is 1.00 bits per heavy atom. The van der Waals surface area contributed by atoms with Crippen LogP contribution in [0.25, 0.3) is 0 Å². The fraction of sp³-hybridized carbons (Fsp3) is 0. The summed E-state index contributed by atoms with van der Waals surface area (Å²) in [6.45, 7) is 0. The number of hydrogen-bond acceptors (Lipinski definition) is 4. The molecule has 0 spiro atoms. The normalized spacial score (nSPS) is 7.56. The van der Waals surface area contributed by atoms with Crippen molar-refractivity contribution in [1.82, 2.24) is 0 Å². The zero-order valence-electron chi connectivity index (χ0n) is 3.67. The Morgan fingerprint density at radius 3 is 1.00 bits per heavy atom. The molecule has 0 rings (SSSR count). The van der Waals surface area contributed by atoms with E-state index in [2.05, 4.69) is 0 Å². The van der Waals surface area contributed by atoms with Gasteiger partial charge in [-0.05, 0) is 0 Å². The van der Waals surface area contributed by atoms with Gasteiger partial charge in [0.1, 0.15) is 0 Å². The molecular formula is O4Se4W. The van der Waals surface area contributed by atoms with Gasteiger partial charge in [0, 0.05) is 0 Å². The van der Waals surface area contributed by atoms with Crippen molar-refractivity contribution in [3.63, 3.8) is 0 Å². The van der Waals surface area contributed by atoms with E-state index in [1.807, 2.05) is 27.3 Å². The molecule has 0 aromatic rings. The Labute approximate surface area is 86.8 Å². The topological polar surface area (TPSA) is 80.3 Å². The van der Waals surface area contributed by atoms with Crippen LogP contribution in [-0.2, 0) is 28.7 Å². The van der Waals surface area contributed by atoms with Crippen molar-refractivity contribution in [2.24, 2.45) is 0 Å². The molecule has 9 heavy (non-hydrogen) atoms. The van der Waals surface area contributed by atoms with Crippen LogP contribution in [0.3, 0.4) is 0 Å². The molecule has 0 atom stereocenters. The maximum absolute atomic E-state index is 9.04. The van der Waals surface area contributed by atoms with Crippen molar-refractivity contribution in [3.05, 3.63) is 0 Å². The Bertz CT molecular complexity index is 129. The second kappa shape index (κ2) is 12.9. The van der Waals surface area contributed by atoms with Crippen LogP contribution in [0.2, 0.25) is 0 Å². The molecule has 0 saturated heterocycles. The number of rotatable bonds is 0. The minimum Gasteiger partial charge on any atom is 4.00 e. The van der Waals surface area contributed by atoms with Crippen LogP contribution in [0.1, 0.15) is 0 Å². The van der Waals surface area contributed by atoms with E-state index in [1.165, 1.54) is 0 Å². The second-order valence-electron chi connectivity index (χ2n) is 0.408. The molecule has 0 heterocycles. The van der Waals surface area contributed by atoms with Crippen molar-refractivity contribution in [3.8, 4) is 0 Å². The van der Waals surface area contributed by atoms with E-state index in [4.69, 9.17) is 16.0 Å². The summed E-state index contributed by atoms with van der Waals surface area (Å²) in [5.74, 6) is 0. The molecule has 0 saturated carbocycles. The monoisotopic (exact) mass is 568 g/mol. The Balaban J connectivity index is -0.0000000720. The van der Waals surface area contributed by atoms with Gasteiger partial charge in [0.2, 0.25) is 0 Å². The van der Waals surface area contributed by atoms with Gasteiger partial charge < -0.3 is 0 Å². The Morgan fingerprint density at radius 1 is 1.00 bits per heavy atom. The maximum atomic E-state index is 9.04. The average molecular weight is 564 g/mol. The molecule has 0 aliphatic rings. The molecule has 0 bridgehead atoms. The summed E-state index contributed by atoms with van der Waals surface area (Å²) in [5, 5.41) is 0. The first-order chi connectivity index (χ1) is 3.46. The first-order valence-electron chi connectivity index (χ1n) is 1.00. The standard InChI is InChI=1S/2O2Se2.W/c2*1-4(2)3;/q2*-2;+4. The predicted molar refractivity (Wildman–Crippen MR) is 24.4 cm³/mol. The van der Waals surface area contributed by atoms with Gasteiger partial charge in [-0.25, -0.2) is 0 Å². The summed E-state index contributed by atoms with van der Waals surface area (Å²) in [7, 11) is 0. The first kappa shape index (κ1) is 17.4. The quantitative estimate of drug-likeness (QED) is 0.281. The van der Waals surface area contributed by atoms with Crippen LogP contribution >= 0.6 is 0 Å². The smallest absolute Gasteiger partial charge is 4.00 e. The average Bonchev–Trinajstić information content (AvgIpc) is 1.25. The van der Waals surface area contributed by atoms with Gasteiger partial charge in [0.25, 0.3) is 0 Å². The summed E-state index contributed by atoms with van der Waals surface area (Å²) in [5.41, 5.74) is 0. The fourth-order valence-electron chi connectivity index (χ4n) is 0. The molecule has 9 heteroatoms. The molecule has 0 aliphatic carbocycles. The van der Waals surface area contributed by atoms with Gasteiger partial charge in [-0.1, -0.05) is 0 Å². The van der Waals surface area contributed by atoms with Gasteiger partial charge >= 0.3 is 88.0 Å². The molecule has 0 aliphatic heterocycles. The van der Waals surface area contributed by atoms with E-state index in [-0.39, 0.29) is 21.1 Å². The van der Waals surface area contributed by atoms with Crippen LogP contribution in [-0.4, -0.2) is 50.9 Å². The molecule has 0 aromatic carbocycles. The maximum Gasteiger partial charge on any atom is 4.00 e. The van der Waals surface area contributed by atoms with E-state index in [0.717, 1.165) is 0 Å². The van der Waals surface area contributed by atoms with Crippen LogP contribution in [0, 0.1) is 0 Å². The molecule has 0 N–H and O–H groups in total. The third-order valence-electron chi connectivity index (χ3n) is 0. The molecule has 0 amide bonds. The Kier molecular flexibility index (Phi) is 25.0. The van der Waals surface area contributed by atoms with Crippen LogP contribution in [0.5, 0.6) is 0 Å². The molecule has 0 unspecified atom stereocenters. The van der Waals surface area contributed by atoms with Crippen LogP contribution in [0.4, 0.5) is 0 Å². The predicted octanol–water partition coefficient (Wildman–Crippen LogP) is -4.14. The van der Waals surface area contributed by atoms with E-state index >= 15 is 0 Å². The van der Waals surface area contributed by atoms with E-state index in [1.54, 1.807) is 0 Å². The van der Waals surface area contributed by atoms with Crippen LogP contribution < -0.4 is 8.38 Å². The third-order valence-corrected chi connectivity index (χ3v) is 0. The van der Waals surface area contributed by atoms with Gasteiger partial charge in [-0.15, -0.1) is 0 Å². The molecule has 4 nitrogen and oxygen atoms in total. The van der Waals surface area contributed by atoms with Crippen LogP contribution in [0.15, 0.2) is 0 Å². The summed E-state index contributed by atoms with van der Waals surface area (Å²) in [4.78, 5) is 0. The zero-order valence-corrected chi connectivity index (χ0v) is 13.5. The summed E-state index contributed by atoms with van der Waals surface area (Å²) >= 11 is -1.50. The van der Waals surface area contributed by atoms with E-state index in [9.17, 15) is 0 Å². The Hall–Kier alpha value is 2.29. The SMILES string of the molecule is O=[Se-]([O-])=[Se].O=[Se-]([O-])=[Se].[W+4]. The van der Waals surface area contributed by atoms with Crippen molar-refractivity contribution in [2.75, 3.05) is 0 Å². The minimum absolute atomic E-state index is 0. The van der Waals surface area contributed by atoms with Gasteiger partial charge in [-0.2, -0.15) is 0 Å².